The zero-order valence-electron chi connectivity index (χ0n) is 6.61. The zero-order chi connectivity index (χ0) is 7.82. The molecule has 2 heteroatoms. The quantitative estimate of drug-likeness (QED) is 0.394. The Kier molecular flexibility index (Phi) is 8.33. The van der Waals surface area contributed by atoms with Gasteiger partial charge in [0.1, 0.15) is 0 Å². The molecule has 0 aliphatic carbocycles. The normalized spacial score (nSPS) is 13.5. The van der Waals surface area contributed by atoms with Gasteiger partial charge in [-0.15, -0.1) is 0 Å². The fourth-order valence-electron chi connectivity index (χ4n) is 0.888. The highest BCUT2D eigenvalue weighted by molar-refractivity contribution is 14.1. The molecule has 0 aromatic rings. The fourth-order valence-corrected chi connectivity index (χ4v) is 1.58. The lowest BCUT2D eigenvalue weighted by atomic mass is 10.1. The van der Waals surface area contributed by atoms with Crippen molar-refractivity contribution in [2.75, 3.05) is 4.43 Å². The molecule has 61 valence electrons. The summed E-state index contributed by atoms with van der Waals surface area (Å²) in [5, 5.41) is 11.0. The van der Waals surface area contributed by atoms with Crippen LogP contribution in [0.3, 0.4) is 0 Å². The van der Waals surface area contributed by atoms with Crippen LogP contribution in [0.25, 0.3) is 0 Å². The Labute approximate surface area is 77.3 Å². The lowest BCUT2D eigenvalue weighted by molar-refractivity contribution is 0.0772. The molecule has 0 rings (SSSR count). The second-order valence-electron chi connectivity index (χ2n) is 2.60. The van der Waals surface area contributed by atoms with E-state index >= 15 is 0 Å². The van der Waals surface area contributed by atoms with Crippen LogP contribution in [-0.4, -0.2) is 10.5 Å². The summed E-state index contributed by atoms with van der Waals surface area (Å²) in [5.41, 5.74) is 0. The molecule has 0 saturated heterocycles. The molecule has 1 radical (unpaired) electrons. The summed E-state index contributed by atoms with van der Waals surface area (Å²) in [4.78, 5) is 0. The van der Waals surface area contributed by atoms with E-state index in [1.807, 2.05) is 0 Å². The number of unbranched alkanes of at least 4 members (excludes halogenated alkanes) is 2. The van der Waals surface area contributed by atoms with Gasteiger partial charge >= 0.3 is 0 Å². The lowest BCUT2D eigenvalue weighted by Gasteiger charge is -2.03. The monoisotopic (exact) mass is 255 g/mol. The van der Waals surface area contributed by atoms with Gasteiger partial charge in [0.2, 0.25) is 0 Å². The topological polar surface area (TPSA) is 19.9 Å². The molecule has 1 nitrogen and oxygen atoms in total. The number of hydrogen-bond acceptors (Lipinski definition) is 0. The summed E-state index contributed by atoms with van der Waals surface area (Å²) in [6.45, 7) is 2.16. The van der Waals surface area contributed by atoms with E-state index in [0.29, 0.717) is 0 Å². The van der Waals surface area contributed by atoms with Gasteiger partial charge in [-0.2, -0.15) is 0 Å². The van der Waals surface area contributed by atoms with Crippen molar-refractivity contribution in [3.05, 3.63) is 0 Å². The van der Waals surface area contributed by atoms with Gasteiger partial charge in [0.25, 0.3) is 0 Å². The highest BCUT2D eigenvalue weighted by Gasteiger charge is 2.02. The number of alkyl halides is 1. The molecular weight excluding hydrogens is 239 g/mol. The van der Waals surface area contributed by atoms with Crippen LogP contribution in [0.2, 0.25) is 0 Å². The molecule has 1 unspecified atom stereocenters. The standard InChI is InChI=1S/C8H16IO/c1-2-3-4-5-8(10)6-7-9/h8H,2-7H2,1H3. The third-order valence-electron chi connectivity index (χ3n) is 1.56. The van der Waals surface area contributed by atoms with Crippen LogP contribution in [-0.2, 0) is 5.11 Å². The van der Waals surface area contributed by atoms with Gasteiger partial charge < -0.3 is 0 Å². The van der Waals surface area contributed by atoms with Crippen LogP contribution in [0.15, 0.2) is 0 Å². The summed E-state index contributed by atoms with van der Waals surface area (Å²) < 4.78 is 1.01. The Balaban J connectivity index is 2.97. The Morgan fingerprint density at radius 3 is 2.50 bits per heavy atom. The van der Waals surface area contributed by atoms with E-state index < -0.39 is 0 Å². The van der Waals surface area contributed by atoms with E-state index in [-0.39, 0.29) is 6.10 Å². The molecule has 10 heavy (non-hydrogen) atoms. The minimum atomic E-state index is -0.288. The summed E-state index contributed by atoms with van der Waals surface area (Å²) >= 11 is 2.26. The number of rotatable bonds is 6. The first-order valence-corrected chi connectivity index (χ1v) is 5.55. The first-order valence-electron chi connectivity index (χ1n) is 4.03. The summed E-state index contributed by atoms with van der Waals surface area (Å²) in [5.74, 6) is 0. The smallest absolute Gasteiger partial charge is 0.0937 e. The fraction of sp³-hybridized carbons (Fsp3) is 1.00. The first-order chi connectivity index (χ1) is 4.81. The summed E-state index contributed by atoms with van der Waals surface area (Å²) in [6, 6.07) is 0. The molecule has 0 bridgehead atoms. The molecule has 0 saturated carbocycles. The molecule has 0 heterocycles. The van der Waals surface area contributed by atoms with Gasteiger partial charge in [0, 0.05) is 4.43 Å². The SMILES string of the molecule is CCCCCC([O])CCI. The van der Waals surface area contributed by atoms with Crippen LogP contribution in [0, 0.1) is 0 Å². The van der Waals surface area contributed by atoms with Crippen molar-refractivity contribution in [3.63, 3.8) is 0 Å². The molecular formula is C8H16IO. The van der Waals surface area contributed by atoms with Crippen molar-refractivity contribution in [1.82, 2.24) is 0 Å². The maximum absolute atomic E-state index is 11.0. The molecule has 0 N–H and O–H groups in total. The van der Waals surface area contributed by atoms with Crippen LogP contribution < -0.4 is 0 Å². The van der Waals surface area contributed by atoms with Gasteiger partial charge in [0.15, 0.2) is 0 Å². The van der Waals surface area contributed by atoms with Gasteiger partial charge in [0.05, 0.1) is 6.10 Å². The molecule has 0 aromatic carbocycles. The summed E-state index contributed by atoms with van der Waals surface area (Å²) in [6.07, 6.45) is 5.02. The van der Waals surface area contributed by atoms with Crippen molar-refractivity contribution < 1.29 is 5.11 Å². The third kappa shape index (κ3) is 6.81. The van der Waals surface area contributed by atoms with Gasteiger partial charge in [-0.25, -0.2) is 5.11 Å². The third-order valence-corrected chi connectivity index (χ3v) is 2.18. The van der Waals surface area contributed by atoms with E-state index in [0.717, 1.165) is 23.7 Å². The van der Waals surface area contributed by atoms with Crippen molar-refractivity contribution >= 4 is 22.6 Å². The molecule has 0 fully saturated rings. The summed E-state index contributed by atoms with van der Waals surface area (Å²) in [7, 11) is 0. The molecule has 0 spiro atoms. The van der Waals surface area contributed by atoms with E-state index in [2.05, 4.69) is 29.5 Å². The maximum atomic E-state index is 11.0. The van der Waals surface area contributed by atoms with E-state index in [4.69, 9.17) is 0 Å². The Morgan fingerprint density at radius 1 is 1.30 bits per heavy atom. The second-order valence-corrected chi connectivity index (χ2v) is 3.67. The minimum absolute atomic E-state index is 0.288. The highest BCUT2D eigenvalue weighted by atomic mass is 127. The molecule has 0 amide bonds. The lowest BCUT2D eigenvalue weighted by Crippen LogP contribution is -2.04. The van der Waals surface area contributed by atoms with Crippen LogP contribution in [0.5, 0.6) is 0 Å². The van der Waals surface area contributed by atoms with Crippen LogP contribution in [0.1, 0.15) is 39.0 Å². The Hall–Kier alpha value is 0.690. The molecule has 0 aliphatic rings. The van der Waals surface area contributed by atoms with E-state index in [9.17, 15) is 5.11 Å². The first kappa shape index (κ1) is 10.7. The van der Waals surface area contributed by atoms with Gasteiger partial charge in [-0.05, 0) is 12.8 Å². The van der Waals surface area contributed by atoms with Crippen molar-refractivity contribution in [3.8, 4) is 0 Å². The predicted octanol–water partition coefficient (Wildman–Crippen LogP) is 3.19. The van der Waals surface area contributed by atoms with Gasteiger partial charge in [-0.1, -0.05) is 48.8 Å². The molecule has 1 atom stereocenters. The largest absolute Gasteiger partial charge is 0.233 e. The number of halogens is 1. The second kappa shape index (κ2) is 7.79. The predicted molar refractivity (Wildman–Crippen MR) is 52.1 cm³/mol. The molecule has 0 aliphatic heterocycles. The maximum Gasteiger partial charge on any atom is 0.0937 e. The van der Waals surface area contributed by atoms with Crippen LogP contribution >= 0.6 is 22.6 Å². The van der Waals surface area contributed by atoms with Crippen molar-refractivity contribution in [1.29, 1.82) is 0 Å². The van der Waals surface area contributed by atoms with Crippen LogP contribution in [0.4, 0.5) is 0 Å². The highest BCUT2D eigenvalue weighted by Crippen LogP contribution is 2.07. The average molecular weight is 255 g/mol. The Bertz CT molecular complexity index is 66.3. The minimum Gasteiger partial charge on any atom is -0.233 e. The van der Waals surface area contributed by atoms with Crippen molar-refractivity contribution in [2.45, 2.75) is 45.1 Å². The number of hydrogen-bond donors (Lipinski definition) is 0. The Morgan fingerprint density at radius 2 is 2.00 bits per heavy atom. The molecule has 0 aromatic heterocycles. The average Bonchev–Trinajstić information content (AvgIpc) is 1.89. The zero-order valence-corrected chi connectivity index (χ0v) is 8.76. The van der Waals surface area contributed by atoms with E-state index in [1.54, 1.807) is 0 Å². The van der Waals surface area contributed by atoms with Gasteiger partial charge in [-0.3, -0.25) is 0 Å². The van der Waals surface area contributed by atoms with E-state index in [1.165, 1.54) is 12.8 Å². The van der Waals surface area contributed by atoms with Crippen molar-refractivity contribution in [2.24, 2.45) is 0 Å².